The van der Waals surface area contributed by atoms with Gasteiger partial charge < -0.3 is 15.6 Å². The number of carbonyl (C=O) groups excluding carboxylic acids is 5. The van der Waals surface area contributed by atoms with Crippen LogP contribution in [-0.4, -0.2) is 66.9 Å². The Balaban J connectivity index is 1.78. The predicted octanol–water partition coefficient (Wildman–Crippen LogP) is 2.95. The van der Waals surface area contributed by atoms with Gasteiger partial charge in [0.05, 0.1) is 24.4 Å². The molecule has 196 valence electrons. The number of imide groups is 4. The fourth-order valence-corrected chi connectivity index (χ4v) is 8.16. The van der Waals surface area contributed by atoms with E-state index >= 15 is 0 Å². The third kappa shape index (κ3) is 3.25. The van der Waals surface area contributed by atoms with E-state index in [2.05, 4.69) is 31.9 Å². The number of fused-ring (bicyclic) bond motifs is 4. The van der Waals surface area contributed by atoms with E-state index in [1.807, 2.05) is 0 Å². The number of hydrogen-bond acceptors (Lipinski definition) is 7. The van der Waals surface area contributed by atoms with Crippen LogP contribution in [0.4, 0.5) is 4.79 Å². The van der Waals surface area contributed by atoms with Crippen molar-refractivity contribution in [2.24, 2.45) is 23.5 Å². The Labute approximate surface area is 237 Å². The Kier molecular flexibility index (Phi) is 6.21. The number of ether oxygens (including phenoxy) is 1. The van der Waals surface area contributed by atoms with Crippen LogP contribution in [-0.2, 0) is 19.2 Å². The monoisotopic (exact) mass is 677 g/mol. The molecule has 6 atom stereocenters. The van der Waals surface area contributed by atoms with Crippen LogP contribution in [0, 0.1) is 17.8 Å². The van der Waals surface area contributed by atoms with Gasteiger partial charge in [0.2, 0.25) is 11.8 Å². The molecule has 0 spiro atoms. The molecule has 6 amide bonds. The quantitative estimate of drug-likeness (QED) is 0.216. The summed E-state index contributed by atoms with van der Waals surface area (Å²) in [5.41, 5.74) is 5.72. The number of nitrogens with zero attached hydrogens (tertiary/aromatic N) is 2. The molecule has 0 radical (unpaired) electrons. The van der Waals surface area contributed by atoms with Crippen molar-refractivity contribution >= 4 is 84.7 Å². The van der Waals surface area contributed by atoms with E-state index in [0.29, 0.717) is 14.9 Å². The Morgan fingerprint density at radius 1 is 1.19 bits per heavy atom. The molecule has 5 rings (SSSR count). The number of allylic oxidation sites excluding steroid dienone is 2. The highest BCUT2D eigenvalue weighted by atomic mass is 79.9. The lowest BCUT2D eigenvalue weighted by Crippen LogP contribution is -2.60. The highest BCUT2D eigenvalue weighted by Gasteiger charge is 2.76. The maximum Gasteiger partial charge on any atom is 0.328 e. The number of rotatable bonds is 3. The number of phenols is 1. The van der Waals surface area contributed by atoms with Crippen LogP contribution in [0.5, 0.6) is 11.5 Å². The van der Waals surface area contributed by atoms with Crippen LogP contribution in [0.3, 0.4) is 0 Å². The highest BCUT2D eigenvalue weighted by Crippen LogP contribution is 2.66. The second-order valence-corrected chi connectivity index (χ2v) is 12.0. The van der Waals surface area contributed by atoms with E-state index < -0.39 is 63.1 Å². The third-order valence-electron chi connectivity index (χ3n) is 7.84. The van der Waals surface area contributed by atoms with Gasteiger partial charge in [-0.25, -0.2) is 4.79 Å². The molecule has 2 aliphatic carbocycles. The number of amides is 6. The van der Waals surface area contributed by atoms with E-state index in [1.54, 1.807) is 6.08 Å². The normalized spacial score (nSPS) is 34.8. The first-order valence-electron chi connectivity index (χ1n) is 11.1. The topological polar surface area (TPSA) is 147 Å². The molecule has 0 bridgehead atoms. The standard InChI is InChI=1S/C23H19Br2Cl2N3O7/c1-37-13-5-8(25)4-11(16(13)31)15-9-2-3-10-14(18(33)30(17(10)32)21(28)36)12(9)6-22(26)19(34)29(7-24)20(35)23(15,22)27/h2,4-5,10,12,14-15,31H,3,6-7H2,1H3,(H2,28,36). The number of carbonyl (C=O) groups is 5. The summed E-state index contributed by atoms with van der Waals surface area (Å²) in [6.45, 7) is 0. The number of likely N-dealkylation sites (tertiary alicyclic amines) is 2. The van der Waals surface area contributed by atoms with Crippen molar-refractivity contribution in [3.8, 4) is 11.5 Å². The molecule has 14 heteroatoms. The van der Waals surface area contributed by atoms with Gasteiger partial charge in [0.15, 0.2) is 21.2 Å². The van der Waals surface area contributed by atoms with Gasteiger partial charge in [-0.05, 0) is 30.9 Å². The Bertz CT molecular complexity index is 1340. The van der Waals surface area contributed by atoms with Gasteiger partial charge >= 0.3 is 6.03 Å². The molecule has 0 aromatic heterocycles. The van der Waals surface area contributed by atoms with Crippen molar-refractivity contribution in [3.63, 3.8) is 0 Å². The number of primary amides is 1. The zero-order valence-electron chi connectivity index (χ0n) is 19.0. The first-order chi connectivity index (χ1) is 17.3. The SMILES string of the molecule is COc1cc(Br)cc(C2C3=CCC4C(=O)N(C(N)=O)C(=O)C4C3CC3(Cl)C(=O)N(CBr)C(=O)C23Cl)c1O. The van der Waals surface area contributed by atoms with Crippen LogP contribution in [0.15, 0.2) is 28.3 Å². The molecule has 4 aliphatic rings. The molecule has 37 heavy (non-hydrogen) atoms. The third-order valence-corrected chi connectivity index (χ3v) is 10.2. The van der Waals surface area contributed by atoms with Crippen molar-refractivity contribution in [3.05, 3.63) is 33.8 Å². The number of phenolic OH excluding ortho intramolecular Hbond substituents is 1. The number of alkyl halides is 3. The Hall–Kier alpha value is -2.15. The molecule has 1 aromatic rings. The van der Waals surface area contributed by atoms with Crippen molar-refractivity contribution < 1.29 is 33.8 Å². The maximum absolute atomic E-state index is 13.7. The highest BCUT2D eigenvalue weighted by molar-refractivity contribution is 9.10. The molecule has 2 heterocycles. The molecule has 1 saturated carbocycles. The van der Waals surface area contributed by atoms with Gasteiger partial charge in [0.25, 0.3) is 11.8 Å². The summed E-state index contributed by atoms with van der Waals surface area (Å²) in [4.78, 5) is 62.6. The summed E-state index contributed by atoms with van der Waals surface area (Å²) in [7, 11) is 1.35. The lowest BCUT2D eigenvalue weighted by atomic mass is 9.56. The van der Waals surface area contributed by atoms with Gasteiger partial charge in [-0.15, -0.1) is 23.2 Å². The first-order valence-corrected chi connectivity index (χ1v) is 13.8. The van der Waals surface area contributed by atoms with Crippen molar-refractivity contribution in [1.29, 1.82) is 0 Å². The van der Waals surface area contributed by atoms with Crippen LogP contribution >= 0.6 is 55.1 Å². The summed E-state index contributed by atoms with van der Waals surface area (Å²) >= 11 is 20.7. The molecule has 6 unspecified atom stereocenters. The zero-order valence-corrected chi connectivity index (χ0v) is 23.7. The summed E-state index contributed by atoms with van der Waals surface area (Å²) in [5, 5.41) is 11.2. The molecule has 10 nitrogen and oxygen atoms in total. The average molecular weight is 680 g/mol. The number of hydrogen-bond donors (Lipinski definition) is 2. The van der Waals surface area contributed by atoms with Crippen molar-refractivity contribution in [1.82, 2.24) is 9.80 Å². The molecule has 1 aromatic carbocycles. The molecular weight excluding hydrogens is 661 g/mol. The molecule has 3 fully saturated rings. The fourth-order valence-electron chi connectivity index (χ4n) is 6.29. The minimum Gasteiger partial charge on any atom is -0.504 e. The van der Waals surface area contributed by atoms with E-state index in [9.17, 15) is 29.1 Å². The Morgan fingerprint density at radius 3 is 2.46 bits per heavy atom. The summed E-state index contributed by atoms with van der Waals surface area (Å²) < 4.78 is 5.77. The molecule has 2 aliphatic heterocycles. The number of halogens is 4. The summed E-state index contributed by atoms with van der Waals surface area (Å²) in [6.07, 6.45) is 1.47. The minimum absolute atomic E-state index is 0.0554. The fraction of sp³-hybridized carbons (Fsp3) is 0.435. The molecular formula is C23H19Br2Cl2N3O7. The number of methoxy groups -OCH3 is 1. The average Bonchev–Trinajstić information content (AvgIpc) is 3.18. The Morgan fingerprint density at radius 2 is 1.86 bits per heavy atom. The van der Waals surface area contributed by atoms with Gasteiger partial charge in [-0.3, -0.25) is 24.1 Å². The number of aromatic hydroxyl groups is 1. The smallest absolute Gasteiger partial charge is 0.328 e. The number of nitrogens with two attached hydrogens (primary N) is 1. The van der Waals surface area contributed by atoms with E-state index in [1.165, 1.54) is 19.2 Å². The summed E-state index contributed by atoms with van der Waals surface area (Å²) in [5.74, 6) is -7.35. The number of benzene rings is 1. The summed E-state index contributed by atoms with van der Waals surface area (Å²) in [6, 6.07) is 1.85. The van der Waals surface area contributed by atoms with Gasteiger partial charge in [0.1, 0.15) is 0 Å². The van der Waals surface area contributed by atoms with Crippen LogP contribution in [0.2, 0.25) is 0 Å². The molecule has 3 N–H and O–H groups in total. The van der Waals surface area contributed by atoms with Crippen LogP contribution < -0.4 is 10.5 Å². The van der Waals surface area contributed by atoms with E-state index in [4.69, 9.17) is 33.7 Å². The minimum atomic E-state index is -2.09. The lowest BCUT2D eigenvalue weighted by molar-refractivity contribution is -0.139. The van der Waals surface area contributed by atoms with Gasteiger partial charge in [-0.2, -0.15) is 4.90 Å². The van der Waals surface area contributed by atoms with E-state index in [0.717, 1.165) is 4.90 Å². The van der Waals surface area contributed by atoms with E-state index in [-0.39, 0.29) is 35.4 Å². The second-order valence-electron chi connectivity index (χ2n) is 9.38. The second kappa shape index (κ2) is 8.69. The van der Waals surface area contributed by atoms with Crippen LogP contribution in [0.25, 0.3) is 0 Å². The maximum atomic E-state index is 13.7. The van der Waals surface area contributed by atoms with Gasteiger partial charge in [-0.1, -0.05) is 43.5 Å². The zero-order chi connectivity index (χ0) is 27.2. The first kappa shape index (κ1) is 26.5. The lowest BCUT2D eigenvalue weighted by Gasteiger charge is -2.50. The van der Waals surface area contributed by atoms with Crippen LogP contribution in [0.1, 0.15) is 24.3 Å². The molecule has 2 saturated heterocycles. The predicted molar refractivity (Wildman–Crippen MR) is 137 cm³/mol. The number of urea groups is 1. The van der Waals surface area contributed by atoms with Gasteiger partial charge in [0, 0.05) is 16.0 Å². The van der Waals surface area contributed by atoms with Crippen molar-refractivity contribution in [2.45, 2.75) is 28.5 Å². The van der Waals surface area contributed by atoms with Crippen molar-refractivity contribution in [2.75, 3.05) is 12.6 Å². The largest absolute Gasteiger partial charge is 0.504 e.